The SMILES string of the molecule is COc1ccc(C(=O)CC(Nc2ccc(C)c(C)c2)c2ccc(Br)cc2)cc1OC. The fourth-order valence-corrected chi connectivity index (χ4v) is 3.56. The summed E-state index contributed by atoms with van der Waals surface area (Å²) >= 11 is 3.48. The van der Waals surface area contributed by atoms with Gasteiger partial charge < -0.3 is 14.8 Å². The van der Waals surface area contributed by atoms with E-state index in [4.69, 9.17) is 9.47 Å². The molecule has 0 saturated carbocycles. The molecule has 0 aliphatic heterocycles. The van der Waals surface area contributed by atoms with Crippen LogP contribution >= 0.6 is 15.9 Å². The molecule has 3 aromatic rings. The highest BCUT2D eigenvalue weighted by Gasteiger charge is 2.19. The maximum Gasteiger partial charge on any atom is 0.165 e. The molecule has 156 valence electrons. The van der Waals surface area contributed by atoms with Gasteiger partial charge in [-0.15, -0.1) is 0 Å². The number of carbonyl (C=O) groups is 1. The predicted molar refractivity (Wildman–Crippen MR) is 125 cm³/mol. The Morgan fingerprint density at radius 3 is 2.23 bits per heavy atom. The van der Waals surface area contributed by atoms with Crippen molar-refractivity contribution in [3.8, 4) is 11.5 Å². The number of anilines is 1. The van der Waals surface area contributed by atoms with Crippen LogP contribution in [0.4, 0.5) is 5.69 Å². The normalized spacial score (nSPS) is 11.6. The Morgan fingerprint density at radius 2 is 1.60 bits per heavy atom. The van der Waals surface area contributed by atoms with Crippen LogP contribution < -0.4 is 14.8 Å². The molecular formula is C25H26BrNO3. The molecule has 1 atom stereocenters. The monoisotopic (exact) mass is 467 g/mol. The van der Waals surface area contributed by atoms with E-state index in [1.54, 1.807) is 32.4 Å². The lowest BCUT2D eigenvalue weighted by Gasteiger charge is -2.21. The van der Waals surface area contributed by atoms with E-state index in [0.717, 1.165) is 15.7 Å². The summed E-state index contributed by atoms with van der Waals surface area (Å²) in [6.07, 6.45) is 0.310. The summed E-state index contributed by atoms with van der Waals surface area (Å²) in [5.74, 6) is 1.18. The average Bonchev–Trinajstić information content (AvgIpc) is 2.75. The summed E-state index contributed by atoms with van der Waals surface area (Å²) in [6, 6.07) is 19.4. The zero-order valence-electron chi connectivity index (χ0n) is 17.7. The quantitative estimate of drug-likeness (QED) is 0.383. The van der Waals surface area contributed by atoms with E-state index >= 15 is 0 Å². The van der Waals surface area contributed by atoms with Crippen LogP contribution in [0.3, 0.4) is 0 Å². The van der Waals surface area contributed by atoms with E-state index in [-0.39, 0.29) is 11.8 Å². The fourth-order valence-electron chi connectivity index (χ4n) is 3.29. The molecule has 0 fully saturated rings. The van der Waals surface area contributed by atoms with Crippen LogP contribution in [-0.2, 0) is 0 Å². The molecule has 3 rings (SSSR count). The number of halogens is 1. The molecule has 1 unspecified atom stereocenters. The largest absolute Gasteiger partial charge is 0.493 e. The van der Waals surface area contributed by atoms with Crippen molar-refractivity contribution < 1.29 is 14.3 Å². The van der Waals surface area contributed by atoms with Crippen LogP contribution in [0.2, 0.25) is 0 Å². The van der Waals surface area contributed by atoms with Crippen LogP contribution in [0.25, 0.3) is 0 Å². The van der Waals surface area contributed by atoms with Gasteiger partial charge in [-0.3, -0.25) is 4.79 Å². The van der Waals surface area contributed by atoms with Gasteiger partial charge in [0, 0.05) is 22.1 Å². The number of hydrogen-bond donors (Lipinski definition) is 1. The van der Waals surface area contributed by atoms with Crippen molar-refractivity contribution in [3.63, 3.8) is 0 Å². The van der Waals surface area contributed by atoms with Gasteiger partial charge >= 0.3 is 0 Å². The number of carbonyl (C=O) groups excluding carboxylic acids is 1. The molecule has 0 spiro atoms. The van der Waals surface area contributed by atoms with Crippen molar-refractivity contribution in [3.05, 3.63) is 87.4 Å². The van der Waals surface area contributed by atoms with E-state index in [1.807, 2.05) is 24.3 Å². The highest BCUT2D eigenvalue weighted by molar-refractivity contribution is 9.10. The zero-order chi connectivity index (χ0) is 21.7. The van der Waals surface area contributed by atoms with Crippen LogP contribution in [0.5, 0.6) is 11.5 Å². The number of ketones is 1. The molecule has 0 amide bonds. The standard InChI is InChI=1S/C25H26BrNO3/c1-16-5-11-21(13-17(16)2)27-22(18-6-9-20(26)10-7-18)15-23(28)19-8-12-24(29-3)25(14-19)30-4/h5-14,22,27H,15H2,1-4H3. The van der Waals surface area contributed by atoms with Gasteiger partial charge in [-0.05, 0) is 73.0 Å². The summed E-state index contributed by atoms with van der Waals surface area (Å²) in [7, 11) is 3.15. The number of rotatable bonds is 8. The van der Waals surface area contributed by atoms with Crippen molar-refractivity contribution in [1.82, 2.24) is 0 Å². The molecule has 0 radical (unpaired) electrons. The third-order valence-electron chi connectivity index (χ3n) is 5.22. The van der Waals surface area contributed by atoms with Gasteiger partial charge in [0.25, 0.3) is 0 Å². The number of nitrogens with one attached hydrogen (secondary N) is 1. The van der Waals surface area contributed by atoms with E-state index in [2.05, 4.69) is 53.3 Å². The van der Waals surface area contributed by atoms with Crippen molar-refractivity contribution in [2.24, 2.45) is 0 Å². The van der Waals surface area contributed by atoms with Gasteiger partial charge in [0.2, 0.25) is 0 Å². The van der Waals surface area contributed by atoms with Gasteiger partial charge in [0.05, 0.1) is 20.3 Å². The van der Waals surface area contributed by atoms with Crippen molar-refractivity contribution >= 4 is 27.4 Å². The first-order chi connectivity index (χ1) is 14.4. The van der Waals surface area contributed by atoms with Crippen LogP contribution in [-0.4, -0.2) is 20.0 Å². The predicted octanol–water partition coefficient (Wildman–Crippen LogP) is 6.51. The molecule has 5 heteroatoms. The number of hydrogen-bond acceptors (Lipinski definition) is 4. The number of ether oxygens (including phenoxy) is 2. The average molecular weight is 468 g/mol. The molecule has 0 aliphatic rings. The van der Waals surface area contributed by atoms with Gasteiger partial charge in [0.1, 0.15) is 0 Å². The van der Waals surface area contributed by atoms with E-state index < -0.39 is 0 Å². The molecular weight excluding hydrogens is 442 g/mol. The third kappa shape index (κ3) is 5.22. The van der Waals surface area contributed by atoms with Gasteiger partial charge in [-0.2, -0.15) is 0 Å². The minimum atomic E-state index is -0.166. The highest BCUT2D eigenvalue weighted by atomic mass is 79.9. The maximum atomic E-state index is 13.1. The summed E-state index contributed by atoms with van der Waals surface area (Å²) in [5, 5.41) is 3.54. The second-order valence-electron chi connectivity index (χ2n) is 7.24. The lowest BCUT2D eigenvalue weighted by atomic mass is 9.97. The molecule has 3 aromatic carbocycles. The number of aryl methyl sites for hydroxylation is 2. The minimum absolute atomic E-state index is 0.0280. The second-order valence-corrected chi connectivity index (χ2v) is 8.16. The maximum absolute atomic E-state index is 13.1. The molecule has 0 saturated heterocycles. The molecule has 0 aromatic heterocycles. The Morgan fingerprint density at radius 1 is 0.900 bits per heavy atom. The lowest BCUT2D eigenvalue weighted by molar-refractivity contribution is 0.0976. The Balaban J connectivity index is 1.89. The van der Waals surface area contributed by atoms with Gasteiger partial charge in [-0.25, -0.2) is 0 Å². The Bertz CT molecular complexity index is 1030. The number of benzene rings is 3. The smallest absolute Gasteiger partial charge is 0.165 e. The number of Topliss-reactive ketones (excluding diaryl/α,β-unsaturated/α-hetero) is 1. The lowest BCUT2D eigenvalue weighted by Crippen LogP contribution is -2.16. The van der Waals surface area contributed by atoms with Crippen molar-refractivity contribution in [2.75, 3.05) is 19.5 Å². The van der Waals surface area contributed by atoms with E-state index in [0.29, 0.717) is 23.5 Å². The van der Waals surface area contributed by atoms with Crippen LogP contribution in [0.15, 0.2) is 65.1 Å². The molecule has 0 aliphatic carbocycles. The summed E-state index contributed by atoms with van der Waals surface area (Å²) < 4.78 is 11.6. The first kappa shape index (κ1) is 21.9. The summed E-state index contributed by atoms with van der Waals surface area (Å²) in [4.78, 5) is 13.1. The van der Waals surface area contributed by atoms with E-state index in [1.165, 1.54) is 11.1 Å². The third-order valence-corrected chi connectivity index (χ3v) is 5.74. The molecule has 1 N–H and O–H groups in total. The Labute approximate surface area is 186 Å². The Kier molecular flexibility index (Phi) is 7.16. The molecule has 30 heavy (non-hydrogen) atoms. The summed E-state index contributed by atoms with van der Waals surface area (Å²) in [6.45, 7) is 4.18. The van der Waals surface area contributed by atoms with Crippen LogP contribution in [0, 0.1) is 13.8 Å². The fraction of sp³-hybridized carbons (Fsp3) is 0.240. The van der Waals surface area contributed by atoms with Crippen molar-refractivity contribution in [1.29, 1.82) is 0 Å². The minimum Gasteiger partial charge on any atom is -0.493 e. The zero-order valence-corrected chi connectivity index (χ0v) is 19.2. The van der Waals surface area contributed by atoms with Gasteiger partial charge in [0.15, 0.2) is 17.3 Å². The first-order valence-corrected chi connectivity index (χ1v) is 10.5. The highest BCUT2D eigenvalue weighted by Crippen LogP contribution is 2.31. The molecule has 0 heterocycles. The summed E-state index contributed by atoms with van der Waals surface area (Å²) in [5.41, 5.74) is 5.08. The topological polar surface area (TPSA) is 47.6 Å². The molecule has 0 bridgehead atoms. The number of methoxy groups -OCH3 is 2. The van der Waals surface area contributed by atoms with Crippen molar-refractivity contribution in [2.45, 2.75) is 26.3 Å². The van der Waals surface area contributed by atoms with Crippen LogP contribution in [0.1, 0.15) is 39.5 Å². The second kappa shape index (κ2) is 9.81. The first-order valence-electron chi connectivity index (χ1n) is 9.75. The van der Waals surface area contributed by atoms with Gasteiger partial charge in [-0.1, -0.05) is 34.1 Å². The van der Waals surface area contributed by atoms with E-state index in [9.17, 15) is 4.79 Å². The Hall–Kier alpha value is -2.79. The molecule has 4 nitrogen and oxygen atoms in total.